The zero-order valence-corrected chi connectivity index (χ0v) is 17.0. The predicted molar refractivity (Wildman–Crippen MR) is 104 cm³/mol. The average Bonchev–Trinajstić information content (AvgIpc) is 2.66. The molecule has 0 heterocycles. The van der Waals surface area contributed by atoms with E-state index in [1.807, 2.05) is 0 Å². The molecule has 0 rings (SSSR count). The van der Waals surface area contributed by atoms with E-state index in [0.717, 1.165) is 0 Å². The third-order valence-corrected chi connectivity index (χ3v) is 4.43. The van der Waals surface area contributed by atoms with Crippen LogP contribution < -0.4 is 21.7 Å². The van der Waals surface area contributed by atoms with Crippen molar-refractivity contribution < 1.29 is 39.3 Å². The van der Waals surface area contributed by atoms with Gasteiger partial charge in [-0.15, -0.1) is 0 Å². The highest BCUT2D eigenvalue weighted by molar-refractivity contribution is 7.98. The zero-order valence-electron chi connectivity index (χ0n) is 16.2. The molecule has 0 saturated carbocycles. The number of thioether (sulfide) groups is 1. The van der Waals surface area contributed by atoms with Crippen LogP contribution in [0.1, 0.15) is 26.2 Å². The van der Waals surface area contributed by atoms with Crippen molar-refractivity contribution in [3.63, 3.8) is 0 Å². The molecule has 0 aromatic carbocycles. The normalized spacial score (nSPS) is 14.8. The van der Waals surface area contributed by atoms with E-state index < -0.39 is 66.9 Å². The van der Waals surface area contributed by atoms with Crippen LogP contribution in [0.5, 0.6) is 0 Å². The minimum Gasteiger partial charge on any atom is -0.481 e. The summed E-state index contributed by atoms with van der Waals surface area (Å²) in [7, 11) is 0. The molecule has 0 aromatic rings. The minimum absolute atomic E-state index is 0.190. The number of carbonyl (C=O) groups is 5. The SMILES string of the molecule is CSCCC(NC(=O)C(N)CO)C(=O)NC(CCC(=O)O)C(=O)NC(C)C(=O)O. The number of nitrogens with one attached hydrogen (secondary N) is 3. The summed E-state index contributed by atoms with van der Waals surface area (Å²) < 4.78 is 0. The molecule has 0 spiro atoms. The Labute approximate surface area is 172 Å². The molecular formula is C16H28N4O8S. The lowest BCUT2D eigenvalue weighted by Gasteiger charge is -2.24. The van der Waals surface area contributed by atoms with Crippen molar-refractivity contribution in [1.29, 1.82) is 0 Å². The van der Waals surface area contributed by atoms with Gasteiger partial charge in [0.2, 0.25) is 17.7 Å². The lowest BCUT2D eigenvalue weighted by Crippen LogP contribution is -2.57. The van der Waals surface area contributed by atoms with Crippen LogP contribution in [0.4, 0.5) is 0 Å². The lowest BCUT2D eigenvalue weighted by molar-refractivity contribution is -0.142. The van der Waals surface area contributed by atoms with Crippen molar-refractivity contribution in [2.45, 2.75) is 50.4 Å². The second kappa shape index (κ2) is 13.7. The largest absolute Gasteiger partial charge is 0.481 e. The zero-order chi connectivity index (χ0) is 22.6. The second-order valence-corrected chi connectivity index (χ2v) is 7.18. The molecule has 0 aliphatic heterocycles. The van der Waals surface area contributed by atoms with Gasteiger partial charge in [-0.1, -0.05) is 0 Å². The maximum absolute atomic E-state index is 12.6. The van der Waals surface area contributed by atoms with E-state index in [2.05, 4.69) is 16.0 Å². The first-order chi connectivity index (χ1) is 13.5. The Bertz CT molecular complexity index is 603. The molecule has 166 valence electrons. The van der Waals surface area contributed by atoms with Crippen LogP contribution in [0.15, 0.2) is 0 Å². The predicted octanol–water partition coefficient (Wildman–Crippen LogP) is -2.52. The summed E-state index contributed by atoms with van der Waals surface area (Å²) in [5, 5.41) is 33.6. The van der Waals surface area contributed by atoms with Gasteiger partial charge in [-0.05, 0) is 31.8 Å². The molecule has 0 saturated heterocycles. The maximum Gasteiger partial charge on any atom is 0.325 e. The minimum atomic E-state index is -1.32. The smallest absolute Gasteiger partial charge is 0.325 e. The third kappa shape index (κ3) is 10.7. The van der Waals surface area contributed by atoms with Crippen molar-refractivity contribution in [3.05, 3.63) is 0 Å². The fraction of sp³-hybridized carbons (Fsp3) is 0.688. The number of carboxylic acid groups (broad SMARTS) is 2. The number of hydrogen-bond donors (Lipinski definition) is 7. The first-order valence-electron chi connectivity index (χ1n) is 8.74. The summed E-state index contributed by atoms with van der Waals surface area (Å²) in [6.07, 6.45) is 1.25. The number of rotatable bonds is 14. The van der Waals surface area contributed by atoms with E-state index in [1.54, 1.807) is 6.26 Å². The van der Waals surface area contributed by atoms with Crippen LogP contribution >= 0.6 is 11.8 Å². The molecule has 4 atom stereocenters. The summed E-state index contributed by atoms with van der Waals surface area (Å²) in [4.78, 5) is 58.5. The van der Waals surface area contributed by atoms with Crippen LogP contribution in [-0.2, 0) is 24.0 Å². The molecule has 0 aliphatic rings. The Balaban J connectivity index is 5.30. The van der Waals surface area contributed by atoms with E-state index in [0.29, 0.717) is 5.75 Å². The summed E-state index contributed by atoms with van der Waals surface area (Å²) in [5.41, 5.74) is 5.42. The Morgan fingerprint density at radius 1 is 0.931 bits per heavy atom. The Morgan fingerprint density at radius 3 is 1.93 bits per heavy atom. The van der Waals surface area contributed by atoms with E-state index in [9.17, 15) is 24.0 Å². The van der Waals surface area contributed by atoms with Gasteiger partial charge in [0.1, 0.15) is 24.2 Å². The highest BCUT2D eigenvalue weighted by Gasteiger charge is 2.29. The fourth-order valence-corrected chi connectivity index (χ4v) is 2.52. The van der Waals surface area contributed by atoms with Crippen molar-refractivity contribution in [3.8, 4) is 0 Å². The van der Waals surface area contributed by atoms with Gasteiger partial charge >= 0.3 is 11.9 Å². The van der Waals surface area contributed by atoms with Gasteiger partial charge in [0.05, 0.1) is 6.61 Å². The number of carbonyl (C=O) groups excluding carboxylic acids is 3. The number of hydrogen-bond acceptors (Lipinski definition) is 8. The molecular weight excluding hydrogens is 408 g/mol. The molecule has 0 aromatic heterocycles. The molecule has 29 heavy (non-hydrogen) atoms. The number of aliphatic hydroxyl groups excluding tert-OH is 1. The molecule has 8 N–H and O–H groups in total. The van der Waals surface area contributed by atoms with Gasteiger partial charge in [0.15, 0.2) is 0 Å². The number of amides is 3. The summed E-state index contributed by atoms with van der Waals surface area (Å²) in [6.45, 7) is 0.591. The first-order valence-corrected chi connectivity index (χ1v) is 10.1. The first kappa shape index (κ1) is 26.6. The average molecular weight is 436 g/mol. The van der Waals surface area contributed by atoms with Crippen molar-refractivity contribution >= 4 is 41.4 Å². The number of aliphatic carboxylic acids is 2. The quantitative estimate of drug-likeness (QED) is 0.152. The molecule has 0 bridgehead atoms. The third-order valence-electron chi connectivity index (χ3n) is 3.79. The highest BCUT2D eigenvalue weighted by atomic mass is 32.2. The lowest BCUT2D eigenvalue weighted by atomic mass is 10.1. The Morgan fingerprint density at radius 2 is 1.45 bits per heavy atom. The van der Waals surface area contributed by atoms with Crippen molar-refractivity contribution in [2.24, 2.45) is 5.73 Å². The van der Waals surface area contributed by atoms with Gasteiger partial charge in [-0.2, -0.15) is 11.8 Å². The van der Waals surface area contributed by atoms with E-state index >= 15 is 0 Å². The fourth-order valence-electron chi connectivity index (χ4n) is 2.05. The number of carboxylic acids is 2. The van der Waals surface area contributed by atoms with E-state index in [-0.39, 0.29) is 12.8 Å². The Hall–Kier alpha value is -2.38. The second-order valence-electron chi connectivity index (χ2n) is 6.19. The summed E-state index contributed by atoms with van der Waals surface area (Å²) >= 11 is 1.41. The summed E-state index contributed by atoms with van der Waals surface area (Å²) in [5.74, 6) is -4.41. The van der Waals surface area contributed by atoms with Crippen LogP contribution in [0, 0.1) is 0 Å². The molecule has 0 radical (unpaired) electrons. The number of aliphatic hydroxyl groups is 1. The maximum atomic E-state index is 12.6. The van der Waals surface area contributed by atoms with Gasteiger partial charge in [-0.3, -0.25) is 24.0 Å². The number of nitrogens with two attached hydrogens (primary N) is 1. The van der Waals surface area contributed by atoms with Crippen LogP contribution in [0.25, 0.3) is 0 Å². The van der Waals surface area contributed by atoms with Crippen LogP contribution in [0.2, 0.25) is 0 Å². The molecule has 4 unspecified atom stereocenters. The van der Waals surface area contributed by atoms with Crippen LogP contribution in [-0.4, -0.2) is 87.8 Å². The highest BCUT2D eigenvalue weighted by Crippen LogP contribution is 2.05. The monoisotopic (exact) mass is 436 g/mol. The topological polar surface area (TPSA) is 208 Å². The van der Waals surface area contributed by atoms with E-state index in [1.165, 1.54) is 18.7 Å². The molecule has 13 heteroatoms. The molecule has 12 nitrogen and oxygen atoms in total. The molecule has 0 fully saturated rings. The van der Waals surface area contributed by atoms with E-state index in [4.69, 9.17) is 21.1 Å². The molecule has 3 amide bonds. The molecule has 0 aliphatic carbocycles. The van der Waals surface area contributed by atoms with Gasteiger partial charge < -0.3 is 37.0 Å². The van der Waals surface area contributed by atoms with Gasteiger partial charge in [-0.25, -0.2) is 0 Å². The Kier molecular flexibility index (Phi) is 12.6. The van der Waals surface area contributed by atoms with Crippen molar-refractivity contribution in [2.75, 3.05) is 18.6 Å². The van der Waals surface area contributed by atoms with Gasteiger partial charge in [0, 0.05) is 6.42 Å². The standard InChI is InChI=1S/C16H28N4O8S/c1-8(16(27)28)18-14(25)10(3-4-12(22)23)20-15(26)11(5-6-29-2)19-13(24)9(17)7-21/h8-11,21H,3-7,17H2,1-2H3,(H,18,25)(H,19,24)(H,20,26)(H,22,23)(H,27,28). The van der Waals surface area contributed by atoms with Gasteiger partial charge in [0.25, 0.3) is 0 Å². The van der Waals surface area contributed by atoms with Crippen molar-refractivity contribution in [1.82, 2.24) is 16.0 Å². The van der Waals surface area contributed by atoms with Crippen LogP contribution in [0.3, 0.4) is 0 Å². The summed E-state index contributed by atoms with van der Waals surface area (Å²) in [6, 6.07) is -4.88.